The van der Waals surface area contributed by atoms with Crippen molar-refractivity contribution in [1.29, 1.82) is 0 Å². The number of anilines is 1. The number of aliphatic carboxylic acids is 1. The normalized spacial score (nSPS) is 12.2. The van der Waals surface area contributed by atoms with Crippen LogP contribution < -0.4 is 4.90 Å². The van der Waals surface area contributed by atoms with E-state index >= 15 is 0 Å². The van der Waals surface area contributed by atoms with Crippen LogP contribution in [-0.2, 0) is 11.2 Å². The smallest absolute Gasteiger partial charge is 0.326 e. The van der Waals surface area contributed by atoms with Crippen LogP contribution in [0.4, 0.5) is 5.82 Å². The molecule has 0 fully saturated rings. The third-order valence-electron chi connectivity index (χ3n) is 2.52. The summed E-state index contributed by atoms with van der Waals surface area (Å²) in [6.07, 6.45) is 3.37. The first-order chi connectivity index (χ1) is 7.56. The van der Waals surface area contributed by atoms with Crippen molar-refractivity contribution in [1.82, 2.24) is 9.97 Å². The molecule has 0 aliphatic carbocycles. The highest BCUT2D eigenvalue weighted by Crippen LogP contribution is 2.13. The molecule has 0 aliphatic rings. The Morgan fingerprint density at radius 3 is 2.81 bits per heavy atom. The summed E-state index contributed by atoms with van der Waals surface area (Å²) in [4.78, 5) is 20.7. The maximum absolute atomic E-state index is 10.8. The monoisotopic (exact) mass is 223 g/mol. The van der Waals surface area contributed by atoms with E-state index in [0.717, 1.165) is 18.5 Å². The summed E-state index contributed by atoms with van der Waals surface area (Å²) in [5.41, 5.74) is 0.942. The van der Waals surface area contributed by atoms with E-state index in [9.17, 15) is 4.79 Å². The summed E-state index contributed by atoms with van der Waals surface area (Å²) in [6, 6.07) is 1.24. The van der Waals surface area contributed by atoms with Crippen LogP contribution in [-0.4, -0.2) is 34.1 Å². The SMILES string of the molecule is CCCc1cc(N(C)C(C)C(=O)O)ncn1. The molecule has 1 rings (SSSR count). The van der Waals surface area contributed by atoms with Crippen molar-refractivity contribution >= 4 is 11.8 Å². The topological polar surface area (TPSA) is 66.3 Å². The van der Waals surface area contributed by atoms with Gasteiger partial charge in [0.25, 0.3) is 0 Å². The van der Waals surface area contributed by atoms with Crippen LogP contribution >= 0.6 is 0 Å². The summed E-state index contributed by atoms with van der Waals surface area (Å²) in [6.45, 7) is 3.70. The number of aryl methyl sites for hydroxylation is 1. The van der Waals surface area contributed by atoms with Crippen molar-refractivity contribution in [3.63, 3.8) is 0 Å². The Morgan fingerprint density at radius 2 is 2.25 bits per heavy atom. The molecule has 5 heteroatoms. The molecule has 1 N–H and O–H groups in total. The second kappa shape index (κ2) is 5.44. The Labute approximate surface area is 95.1 Å². The van der Waals surface area contributed by atoms with Crippen molar-refractivity contribution in [3.05, 3.63) is 18.1 Å². The van der Waals surface area contributed by atoms with Gasteiger partial charge in [-0.1, -0.05) is 13.3 Å². The molecule has 0 saturated carbocycles. The zero-order valence-corrected chi connectivity index (χ0v) is 9.84. The number of rotatable bonds is 5. The lowest BCUT2D eigenvalue weighted by Gasteiger charge is -2.22. The number of hydrogen-bond acceptors (Lipinski definition) is 4. The molecule has 1 aromatic heterocycles. The Kier molecular flexibility index (Phi) is 4.22. The maximum atomic E-state index is 10.8. The average Bonchev–Trinajstić information content (AvgIpc) is 2.28. The van der Waals surface area contributed by atoms with E-state index in [-0.39, 0.29) is 0 Å². The fourth-order valence-corrected chi connectivity index (χ4v) is 1.34. The molecule has 1 unspecified atom stereocenters. The Balaban J connectivity index is 2.86. The van der Waals surface area contributed by atoms with Crippen LogP contribution in [0.15, 0.2) is 12.4 Å². The van der Waals surface area contributed by atoms with Crippen LogP contribution in [0.25, 0.3) is 0 Å². The third-order valence-corrected chi connectivity index (χ3v) is 2.52. The summed E-state index contributed by atoms with van der Waals surface area (Å²) in [5, 5.41) is 8.90. The van der Waals surface area contributed by atoms with Crippen LogP contribution in [0.2, 0.25) is 0 Å². The van der Waals surface area contributed by atoms with Crippen LogP contribution in [0.5, 0.6) is 0 Å². The van der Waals surface area contributed by atoms with Gasteiger partial charge in [0, 0.05) is 18.8 Å². The standard InChI is InChI=1S/C11H17N3O2/c1-4-5-9-6-10(13-7-12-9)14(3)8(2)11(15)16/h6-8H,4-5H2,1-3H3,(H,15,16). The van der Waals surface area contributed by atoms with E-state index in [1.165, 1.54) is 6.33 Å². The number of carboxylic acids is 1. The van der Waals surface area contributed by atoms with Gasteiger partial charge in [0.15, 0.2) is 0 Å². The molecule has 1 aromatic rings. The van der Waals surface area contributed by atoms with Gasteiger partial charge in [-0.3, -0.25) is 0 Å². The molecular formula is C11H17N3O2. The Bertz CT molecular complexity index is 368. The van der Waals surface area contributed by atoms with Crippen molar-refractivity contribution in [3.8, 4) is 0 Å². The van der Waals surface area contributed by atoms with Gasteiger partial charge in [-0.15, -0.1) is 0 Å². The van der Waals surface area contributed by atoms with Gasteiger partial charge in [-0.25, -0.2) is 14.8 Å². The largest absolute Gasteiger partial charge is 0.480 e. The first-order valence-corrected chi connectivity index (χ1v) is 5.32. The quantitative estimate of drug-likeness (QED) is 0.816. The maximum Gasteiger partial charge on any atom is 0.326 e. The second-order valence-corrected chi connectivity index (χ2v) is 3.74. The molecule has 0 radical (unpaired) electrons. The van der Waals surface area contributed by atoms with Crippen LogP contribution in [0.1, 0.15) is 26.0 Å². The number of carboxylic acid groups (broad SMARTS) is 1. The first-order valence-electron chi connectivity index (χ1n) is 5.32. The molecule has 0 aromatic carbocycles. The molecule has 0 saturated heterocycles. The fourth-order valence-electron chi connectivity index (χ4n) is 1.34. The minimum Gasteiger partial charge on any atom is -0.480 e. The van der Waals surface area contributed by atoms with Crippen molar-refractivity contribution < 1.29 is 9.90 Å². The molecule has 0 amide bonds. The second-order valence-electron chi connectivity index (χ2n) is 3.74. The van der Waals surface area contributed by atoms with Gasteiger partial charge in [-0.2, -0.15) is 0 Å². The number of hydrogen-bond donors (Lipinski definition) is 1. The van der Waals surface area contributed by atoms with Gasteiger partial charge < -0.3 is 10.0 Å². The Morgan fingerprint density at radius 1 is 1.56 bits per heavy atom. The Hall–Kier alpha value is -1.65. The lowest BCUT2D eigenvalue weighted by atomic mass is 10.2. The number of aromatic nitrogens is 2. The van der Waals surface area contributed by atoms with E-state index in [4.69, 9.17) is 5.11 Å². The predicted octanol–water partition coefficient (Wildman–Crippen LogP) is 1.34. The highest BCUT2D eigenvalue weighted by Gasteiger charge is 2.18. The van der Waals surface area contributed by atoms with Gasteiger partial charge in [0.05, 0.1) is 0 Å². The molecule has 1 atom stereocenters. The number of nitrogens with zero attached hydrogens (tertiary/aromatic N) is 3. The van der Waals surface area contributed by atoms with Crippen molar-refractivity contribution in [2.75, 3.05) is 11.9 Å². The van der Waals surface area contributed by atoms with E-state index in [0.29, 0.717) is 5.82 Å². The van der Waals surface area contributed by atoms with Gasteiger partial charge >= 0.3 is 5.97 Å². The molecule has 1 heterocycles. The highest BCUT2D eigenvalue weighted by molar-refractivity contribution is 5.76. The minimum absolute atomic E-state index is 0.593. The van der Waals surface area contributed by atoms with E-state index in [2.05, 4.69) is 16.9 Å². The van der Waals surface area contributed by atoms with E-state index in [1.54, 1.807) is 18.9 Å². The predicted molar refractivity (Wildman–Crippen MR) is 61.5 cm³/mol. The number of carbonyl (C=O) groups is 1. The molecule has 0 spiro atoms. The molecule has 0 aliphatic heterocycles. The molecular weight excluding hydrogens is 206 g/mol. The van der Waals surface area contributed by atoms with Gasteiger partial charge in [0.2, 0.25) is 0 Å². The average molecular weight is 223 g/mol. The fraction of sp³-hybridized carbons (Fsp3) is 0.545. The molecule has 88 valence electrons. The van der Waals surface area contributed by atoms with Crippen LogP contribution in [0.3, 0.4) is 0 Å². The number of likely N-dealkylation sites (N-methyl/N-ethyl adjacent to an activating group) is 1. The minimum atomic E-state index is -0.863. The lowest BCUT2D eigenvalue weighted by molar-refractivity contribution is -0.138. The third kappa shape index (κ3) is 2.92. The van der Waals surface area contributed by atoms with Crippen molar-refractivity contribution in [2.45, 2.75) is 32.7 Å². The molecule has 5 nitrogen and oxygen atoms in total. The van der Waals surface area contributed by atoms with Crippen molar-refractivity contribution in [2.24, 2.45) is 0 Å². The summed E-state index contributed by atoms with van der Waals surface area (Å²) in [5.74, 6) is -0.216. The van der Waals surface area contributed by atoms with E-state index in [1.807, 2.05) is 6.07 Å². The molecule has 16 heavy (non-hydrogen) atoms. The zero-order valence-electron chi connectivity index (χ0n) is 9.84. The van der Waals surface area contributed by atoms with Gasteiger partial charge in [-0.05, 0) is 13.3 Å². The first kappa shape index (κ1) is 12.4. The van der Waals surface area contributed by atoms with Gasteiger partial charge in [0.1, 0.15) is 18.2 Å². The zero-order chi connectivity index (χ0) is 12.1. The summed E-state index contributed by atoms with van der Waals surface area (Å²) >= 11 is 0. The molecule has 0 bridgehead atoms. The van der Waals surface area contributed by atoms with E-state index < -0.39 is 12.0 Å². The lowest BCUT2D eigenvalue weighted by Crippen LogP contribution is -2.36. The summed E-state index contributed by atoms with van der Waals surface area (Å²) < 4.78 is 0. The van der Waals surface area contributed by atoms with Crippen LogP contribution in [0, 0.1) is 0 Å². The summed E-state index contributed by atoms with van der Waals surface area (Å²) in [7, 11) is 1.72. The highest BCUT2D eigenvalue weighted by atomic mass is 16.4.